The molecule has 0 fully saturated rings. The number of fused-ring (bicyclic) bond motifs is 1. The minimum atomic E-state index is -0.686. The first-order valence-electron chi connectivity index (χ1n) is 10.4. The standard InChI is InChI=1S/C27H24N2O3/c1-20(32-26-15-14-23-11-5-6-12-24(23)17-26)27(30)29-28-18-22-10-7-13-25(16-22)31-19-21-8-3-2-4-9-21/h2-18,20H,19H2,1H3,(H,29,30)/b28-18+. The maximum Gasteiger partial charge on any atom is 0.280 e. The van der Waals surface area contributed by atoms with Gasteiger partial charge in [0.1, 0.15) is 18.1 Å². The lowest BCUT2D eigenvalue weighted by Gasteiger charge is -2.13. The van der Waals surface area contributed by atoms with Crippen LogP contribution in [0.5, 0.6) is 11.5 Å². The Hall–Kier alpha value is -4.12. The number of carbonyl (C=O) groups is 1. The number of rotatable bonds is 8. The number of benzene rings is 4. The van der Waals surface area contributed by atoms with Crippen LogP contribution < -0.4 is 14.9 Å². The fraction of sp³-hybridized carbons (Fsp3) is 0.111. The Labute approximate surface area is 187 Å². The molecule has 32 heavy (non-hydrogen) atoms. The van der Waals surface area contributed by atoms with E-state index in [2.05, 4.69) is 10.5 Å². The number of nitrogens with zero attached hydrogens (tertiary/aromatic N) is 1. The summed E-state index contributed by atoms with van der Waals surface area (Å²) in [5.41, 5.74) is 4.45. The van der Waals surface area contributed by atoms with Crippen molar-refractivity contribution >= 4 is 22.9 Å². The van der Waals surface area contributed by atoms with Gasteiger partial charge in [0.15, 0.2) is 6.10 Å². The maximum atomic E-state index is 12.4. The second-order valence-electron chi connectivity index (χ2n) is 7.35. The number of carbonyl (C=O) groups excluding carboxylic acids is 1. The van der Waals surface area contributed by atoms with Crippen LogP contribution in [-0.2, 0) is 11.4 Å². The summed E-state index contributed by atoms with van der Waals surface area (Å²) >= 11 is 0. The van der Waals surface area contributed by atoms with Crippen LogP contribution in [0, 0.1) is 0 Å². The number of hydrogen-bond acceptors (Lipinski definition) is 4. The van der Waals surface area contributed by atoms with Crippen molar-refractivity contribution in [2.45, 2.75) is 19.6 Å². The van der Waals surface area contributed by atoms with Crippen molar-refractivity contribution in [3.63, 3.8) is 0 Å². The zero-order valence-corrected chi connectivity index (χ0v) is 17.8. The Bertz CT molecular complexity index is 1220. The van der Waals surface area contributed by atoms with E-state index >= 15 is 0 Å². The molecule has 4 aromatic carbocycles. The van der Waals surface area contributed by atoms with Gasteiger partial charge in [0.25, 0.3) is 5.91 Å². The predicted molar refractivity (Wildman–Crippen MR) is 127 cm³/mol. The minimum absolute atomic E-state index is 0.328. The predicted octanol–water partition coefficient (Wildman–Crippen LogP) is 5.34. The van der Waals surface area contributed by atoms with Crippen LogP contribution in [0.2, 0.25) is 0 Å². The van der Waals surface area contributed by atoms with E-state index in [-0.39, 0.29) is 5.91 Å². The average molecular weight is 425 g/mol. The van der Waals surface area contributed by atoms with Gasteiger partial charge in [-0.15, -0.1) is 0 Å². The van der Waals surface area contributed by atoms with Crippen molar-refractivity contribution in [2.75, 3.05) is 0 Å². The lowest BCUT2D eigenvalue weighted by Crippen LogP contribution is -2.33. The molecule has 4 rings (SSSR count). The number of ether oxygens (including phenoxy) is 2. The van der Waals surface area contributed by atoms with Crippen molar-refractivity contribution in [3.8, 4) is 11.5 Å². The van der Waals surface area contributed by atoms with Gasteiger partial charge in [-0.25, -0.2) is 5.43 Å². The van der Waals surface area contributed by atoms with E-state index in [1.165, 1.54) is 0 Å². The molecule has 0 bridgehead atoms. The lowest BCUT2D eigenvalue weighted by atomic mass is 10.1. The molecule has 0 radical (unpaired) electrons. The van der Waals surface area contributed by atoms with E-state index in [0.29, 0.717) is 12.4 Å². The number of amides is 1. The van der Waals surface area contributed by atoms with Gasteiger partial charge in [-0.05, 0) is 53.1 Å². The molecule has 1 atom stereocenters. The summed E-state index contributed by atoms with van der Waals surface area (Å²) in [6, 6.07) is 31.2. The molecule has 0 aliphatic rings. The molecule has 1 unspecified atom stereocenters. The largest absolute Gasteiger partial charge is 0.489 e. The summed E-state index contributed by atoms with van der Waals surface area (Å²) in [4.78, 5) is 12.4. The Balaban J connectivity index is 1.30. The monoisotopic (exact) mass is 424 g/mol. The van der Waals surface area contributed by atoms with Crippen LogP contribution >= 0.6 is 0 Å². The third-order valence-corrected chi connectivity index (χ3v) is 4.90. The molecule has 0 heterocycles. The van der Waals surface area contributed by atoms with Gasteiger partial charge in [-0.1, -0.05) is 72.8 Å². The molecular formula is C27H24N2O3. The van der Waals surface area contributed by atoms with E-state index in [9.17, 15) is 4.79 Å². The first kappa shape index (κ1) is 21.1. The van der Waals surface area contributed by atoms with Crippen LogP contribution in [-0.4, -0.2) is 18.2 Å². The summed E-state index contributed by atoms with van der Waals surface area (Å²) in [5, 5.41) is 6.24. The van der Waals surface area contributed by atoms with E-state index in [0.717, 1.165) is 27.6 Å². The smallest absolute Gasteiger partial charge is 0.280 e. The molecule has 5 nitrogen and oxygen atoms in total. The van der Waals surface area contributed by atoms with Crippen LogP contribution in [0.25, 0.3) is 10.8 Å². The Kier molecular flexibility index (Phi) is 6.78. The summed E-state index contributed by atoms with van der Waals surface area (Å²) in [6.07, 6.45) is 0.893. The second kappa shape index (κ2) is 10.3. The number of hydrogen-bond donors (Lipinski definition) is 1. The summed E-state index contributed by atoms with van der Waals surface area (Å²) in [5.74, 6) is 1.04. The van der Waals surface area contributed by atoms with Crippen molar-refractivity contribution in [2.24, 2.45) is 5.10 Å². The molecule has 0 spiro atoms. The Morgan fingerprint density at radius 1 is 0.875 bits per heavy atom. The molecule has 0 aliphatic heterocycles. The normalized spacial score (nSPS) is 11.9. The van der Waals surface area contributed by atoms with E-state index in [4.69, 9.17) is 9.47 Å². The zero-order valence-electron chi connectivity index (χ0n) is 17.8. The maximum absolute atomic E-state index is 12.4. The van der Waals surface area contributed by atoms with Crippen LogP contribution in [0.1, 0.15) is 18.1 Å². The average Bonchev–Trinajstić information content (AvgIpc) is 2.83. The van der Waals surface area contributed by atoms with E-state index < -0.39 is 6.10 Å². The molecule has 1 N–H and O–H groups in total. The number of nitrogens with one attached hydrogen (secondary N) is 1. The highest BCUT2D eigenvalue weighted by atomic mass is 16.5. The van der Waals surface area contributed by atoms with Crippen molar-refractivity contribution in [1.29, 1.82) is 0 Å². The highest BCUT2D eigenvalue weighted by Gasteiger charge is 2.14. The molecule has 5 heteroatoms. The minimum Gasteiger partial charge on any atom is -0.489 e. The molecule has 0 saturated carbocycles. The fourth-order valence-corrected chi connectivity index (χ4v) is 3.19. The van der Waals surface area contributed by atoms with Crippen LogP contribution in [0.15, 0.2) is 102 Å². The molecule has 0 aromatic heterocycles. The van der Waals surface area contributed by atoms with Gasteiger partial charge in [0.2, 0.25) is 0 Å². The molecule has 0 aliphatic carbocycles. The van der Waals surface area contributed by atoms with Gasteiger partial charge < -0.3 is 9.47 Å². The third kappa shape index (κ3) is 5.73. The summed E-state index contributed by atoms with van der Waals surface area (Å²) in [7, 11) is 0. The van der Waals surface area contributed by atoms with Gasteiger partial charge in [0.05, 0.1) is 6.21 Å². The van der Waals surface area contributed by atoms with Crippen LogP contribution in [0.3, 0.4) is 0 Å². The highest BCUT2D eigenvalue weighted by Crippen LogP contribution is 2.21. The summed E-state index contributed by atoms with van der Waals surface area (Å²) < 4.78 is 11.6. The molecule has 1 amide bonds. The van der Waals surface area contributed by atoms with E-state index in [1.807, 2.05) is 97.1 Å². The van der Waals surface area contributed by atoms with Crippen molar-refractivity contribution < 1.29 is 14.3 Å². The Morgan fingerprint density at radius 2 is 1.66 bits per heavy atom. The van der Waals surface area contributed by atoms with Gasteiger partial charge >= 0.3 is 0 Å². The second-order valence-corrected chi connectivity index (χ2v) is 7.35. The molecule has 0 saturated heterocycles. The quantitative estimate of drug-likeness (QED) is 0.307. The van der Waals surface area contributed by atoms with Gasteiger partial charge in [-0.3, -0.25) is 4.79 Å². The van der Waals surface area contributed by atoms with Gasteiger partial charge in [-0.2, -0.15) is 5.10 Å². The highest BCUT2D eigenvalue weighted by molar-refractivity contribution is 5.85. The zero-order chi connectivity index (χ0) is 22.2. The fourth-order valence-electron chi connectivity index (χ4n) is 3.19. The topological polar surface area (TPSA) is 59.9 Å². The van der Waals surface area contributed by atoms with Gasteiger partial charge in [0, 0.05) is 0 Å². The van der Waals surface area contributed by atoms with Crippen molar-refractivity contribution in [1.82, 2.24) is 5.43 Å². The third-order valence-electron chi connectivity index (χ3n) is 4.90. The van der Waals surface area contributed by atoms with E-state index in [1.54, 1.807) is 13.1 Å². The van der Waals surface area contributed by atoms with Crippen LogP contribution in [0.4, 0.5) is 0 Å². The molecule has 4 aromatic rings. The SMILES string of the molecule is CC(Oc1ccc2ccccc2c1)C(=O)N/N=C/c1cccc(OCc2ccccc2)c1. The lowest BCUT2D eigenvalue weighted by molar-refractivity contribution is -0.127. The summed E-state index contributed by atoms with van der Waals surface area (Å²) in [6.45, 7) is 2.18. The number of hydrazone groups is 1. The molecule has 160 valence electrons. The first-order valence-corrected chi connectivity index (χ1v) is 10.4. The first-order chi connectivity index (χ1) is 15.7. The van der Waals surface area contributed by atoms with Crippen molar-refractivity contribution in [3.05, 3.63) is 108 Å². The molecular weight excluding hydrogens is 400 g/mol. The Morgan fingerprint density at radius 3 is 2.50 bits per heavy atom.